The van der Waals surface area contributed by atoms with Gasteiger partial charge in [-0.25, -0.2) is 0 Å². The Morgan fingerprint density at radius 1 is 0.929 bits per heavy atom. The number of phenolic OH excluding ortho intramolecular Hbond substituents is 1. The number of nitrogens with two attached hydrogens (primary N) is 1. The minimum absolute atomic E-state index is 0.158. The topological polar surface area (TPSA) is 92.3 Å². The summed E-state index contributed by atoms with van der Waals surface area (Å²) in [6.07, 6.45) is 8.64. The Hall–Kier alpha value is -3.25. The summed E-state index contributed by atoms with van der Waals surface area (Å²) in [7, 11) is 0. The zero-order valence-corrected chi connectivity index (χ0v) is 15.6. The van der Waals surface area contributed by atoms with Gasteiger partial charge in [0.1, 0.15) is 11.8 Å². The van der Waals surface area contributed by atoms with Gasteiger partial charge < -0.3 is 10.8 Å². The van der Waals surface area contributed by atoms with Crippen LogP contribution in [-0.2, 0) is 17.6 Å². The maximum absolute atomic E-state index is 12.3. The number of rotatable bonds is 9. The lowest BCUT2D eigenvalue weighted by molar-refractivity contribution is -0.123. The number of phenols is 1. The molecule has 0 spiro atoms. The monoisotopic (exact) mass is 376 g/mol. The van der Waals surface area contributed by atoms with E-state index in [0.29, 0.717) is 13.1 Å². The largest absolute Gasteiger partial charge is 0.508 e. The number of hydrogen-bond acceptors (Lipinski definition) is 5. The molecular formula is C22H24N4O2. The van der Waals surface area contributed by atoms with E-state index in [1.807, 2.05) is 30.5 Å². The number of aromatic hydroxyl groups is 1. The average molecular weight is 376 g/mol. The van der Waals surface area contributed by atoms with Gasteiger partial charge in [-0.1, -0.05) is 18.2 Å². The highest BCUT2D eigenvalue weighted by Crippen LogP contribution is 2.23. The molecule has 0 saturated carbocycles. The highest BCUT2D eigenvalue weighted by molar-refractivity contribution is 5.81. The minimum atomic E-state index is -0.570. The Morgan fingerprint density at radius 3 is 2.21 bits per heavy atom. The summed E-state index contributed by atoms with van der Waals surface area (Å²) in [5.74, 6) is -0.253. The number of hydrogen-bond donors (Lipinski definition) is 2. The Balaban J connectivity index is 1.81. The molecule has 0 fully saturated rings. The first-order valence-corrected chi connectivity index (χ1v) is 9.23. The zero-order valence-electron chi connectivity index (χ0n) is 15.6. The second-order valence-electron chi connectivity index (χ2n) is 6.65. The molecule has 0 radical (unpaired) electrons. The summed E-state index contributed by atoms with van der Waals surface area (Å²) in [5, 5.41) is 9.58. The molecule has 2 heterocycles. The van der Waals surface area contributed by atoms with Crippen molar-refractivity contribution in [1.29, 1.82) is 0 Å². The Kier molecular flexibility index (Phi) is 6.70. The molecule has 3 aromatic rings. The lowest BCUT2D eigenvalue weighted by Crippen LogP contribution is -2.40. The molecule has 6 heteroatoms. The van der Waals surface area contributed by atoms with Crippen molar-refractivity contribution in [3.63, 3.8) is 0 Å². The van der Waals surface area contributed by atoms with Gasteiger partial charge in [-0.3, -0.25) is 19.7 Å². The highest BCUT2D eigenvalue weighted by atomic mass is 16.3. The maximum Gasteiger partial charge on any atom is 0.239 e. The number of primary amides is 1. The molecule has 6 nitrogen and oxygen atoms in total. The molecule has 0 bridgehead atoms. The van der Waals surface area contributed by atoms with Crippen molar-refractivity contribution in [2.24, 2.45) is 5.73 Å². The summed E-state index contributed by atoms with van der Waals surface area (Å²) < 4.78 is 0. The molecule has 28 heavy (non-hydrogen) atoms. The van der Waals surface area contributed by atoms with Crippen LogP contribution in [0.3, 0.4) is 0 Å². The van der Waals surface area contributed by atoms with Gasteiger partial charge in [0.2, 0.25) is 5.91 Å². The Morgan fingerprint density at radius 2 is 1.61 bits per heavy atom. The first-order valence-electron chi connectivity index (χ1n) is 9.23. The van der Waals surface area contributed by atoms with Gasteiger partial charge in [-0.15, -0.1) is 0 Å². The summed E-state index contributed by atoms with van der Waals surface area (Å²) in [5.41, 5.74) is 8.80. The lowest BCUT2D eigenvalue weighted by atomic mass is 10.0. The molecule has 1 unspecified atom stereocenters. The van der Waals surface area contributed by atoms with Gasteiger partial charge >= 0.3 is 0 Å². The standard InChI is InChI=1S/C22H24N4O2/c23-22(28)21(19-3-5-20(27)6-4-19)26(14-9-17-7-12-24-13-8-17)15-10-18-2-1-11-25-16-18/h1-8,11-13,16,21,27H,9-10,14-15H2,(H2,23,28). The average Bonchev–Trinajstić information content (AvgIpc) is 2.72. The molecule has 2 aromatic heterocycles. The van der Waals surface area contributed by atoms with Crippen LogP contribution in [-0.4, -0.2) is 39.0 Å². The molecular weight excluding hydrogens is 352 g/mol. The molecule has 0 aliphatic rings. The maximum atomic E-state index is 12.3. The summed E-state index contributed by atoms with van der Waals surface area (Å²) >= 11 is 0. The molecule has 144 valence electrons. The smallest absolute Gasteiger partial charge is 0.239 e. The number of nitrogens with zero attached hydrogens (tertiary/aromatic N) is 3. The van der Waals surface area contributed by atoms with E-state index >= 15 is 0 Å². The zero-order chi connectivity index (χ0) is 19.8. The van der Waals surface area contributed by atoms with Crippen LogP contribution in [0.1, 0.15) is 22.7 Å². The summed E-state index contributed by atoms with van der Waals surface area (Å²) in [6.45, 7) is 1.32. The minimum Gasteiger partial charge on any atom is -0.508 e. The number of benzene rings is 1. The van der Waals surface area contributed by atoms with E-state index in [1.165, 1.54) is 0 Å². The molecule has 3 rings (SSSR count). The van der Waals surface area contributed by atoms with E-state index in [4.69, 9.17) is 5.73 Å². The van der Waals surface area contributed by atoms with E-state index in [0.717, 1.165) is 29.5 Å². The van der Waals surface area contributed by atoms with Crippen molar-refractivity contribution in [3.05, 3.63) is 90.0 Å². The fraction of sp³-hybridized carbons (Fsp3) is 0.227. The van der Waals surface area contributed by atoms with Gasteiger partial charge in [-0.05, 0) is 59.9 Å². The predicted molar refractivity (Wildman–Crippen MR) is 107 cm³/mol. The molecule has 1 amide bonds. The van der Waals surface area contributed by atoms with Crippen LogP contribution in [0, 0.1) is 0 Å². The quantitative estimate of drug-likeness (QED) is 0.599. The van der Waals surface area contributed by atoms with E-state index in [-0.39, 0.29) is 5.75 Å². The third-order valence-electron chi connectivity index (χ3n) is 4.69. The third-order valence-corrected chi connectivity index (χ3v) is 4.69. The first-order chi connectivity index (χ1) is 13.6. The van der Waals surface area contributed by atoms with Gasteiger partial charge in [0, 0.05) is 37.9 Å². The fourth-order valence-electron chi connectivity index (χ4n) is 3.22. The first kappa shape index (κ1) is 19.5. The number of amides is 1. The number of carbonyl (C=O) groups excluding carboxylic acids is 1. The SMILES string of the molecule is NC(=O)C(c1ccc(O)cc1)N(CCc1ccncc1)CCc1cccnc1. The van der Waals surface area contributed by atoms with E-state index in [9.17, 15) is 9.90 Å². The predicted octanol–water partition coefficient (Wildman–Crippen LogP) is 2.50. The van der Waals surface area contributed by atoms with Gasteiger partial charge in [0.05, 0.1) is 0 Å². The van der Waals surface area contributed by atoms with Crippen LogP contribution in [0.5, 0.6) is 5.75 Å². The summed E-state index contributed by atoms with van der Waals surface area (Å²) in [6, 6.07) is 13.9. The van der Waals surface area contributed by atoms with E-state index in [1.54, 1.807) is 42.9 Å². The van der Waals surface area contributed by atoms with Crippen LogP contribution in [0.2, 0.25) is 0 Å². The number of aromatic nitrogens is 2. The van der Waals surface area contributed by atoms with E-state index in [2.05, 4.69) is 14.9 Å². The molecule has 0 saturated heterocycles. The number of carbonyl (C=O) groups is 1. The van der Waals surface area contributed by atoms with Gasteiger partial charge in [0.15, 0.2) is 0 Å². The van der Waals surface area contributed by atoms with Crippen molar-refractivity contribution in [3.8, 4) is 5.75 Å². The Bertz CT molecular complexity index is 827. The Labute approximate surface area is 164 Å². The molecule has 1 aromatic carbocycles. The number of pyridine rings is 2. The molecule has 0 aliphatic carbocycles. The van der Waals surface area contributed by atoms with Crippen molar-refractivity contribution in [1.82, 2.24) is 14.9 Å². The van der Waals surface area contributed by atoms with Crippen LogP contribution in [0.4, 0.5) is 0 Å². The van der Waals surface area contributed by atoms with Crippen molar-refractivity contribution < 1.29 is 9.90 Å². The van der Waals surface area contributed by atoms with Crippen LogP contribution in [0.25, 0.3) is 0 Å². The molecule has 0 aliphatic heterocycles. The molecule has 1 atom stereocenters. The molecule has 3 N–H and O–H groups in total. The lowest BCUT2D eigenvalue weighted by Gasteiger charge is -2.30. The second-order valence-corrected chi connectivity index (χ2v) is 6.65. The van der Waals surface area contributed by atoms with E-state index < -0.39 is 11.9 Å². The van der Waals surface area contributed by atoms with Crippen molar-refractivity contribution in [2.45, 2.75) is 18.9 Å². The van der Waals surface area contributed by atoms with Crippen molar-refractivity contribution >= 4 is 5.91 Å². The summed E-state index contributed by atoms with van der Waals surface area (Å²) in [4.78, 5) is 22.6. The fourth-order valence-corrected chi connectivity index (χ4v) is 3.22. The second kappa shape index (κ2) is 9.62. The van der Waals surface area contributed by atoms with Gasteiger partial charge in [-0.2, -0.15) is 0 Å². The van der Waals surface area contributed by atoms with Crippen LogP contribution >= 0.6 is 0 Å². The van der Waals surface area contributed by atoms with Crippen LogP contribution < -0.4 is 5.73 Å². The highest BCUT2D eigenvalue weighted by Gasteiger charge is 2.25. The van der Waals surface area contributed by atoms with Crippen molar-refractivity contribution in [2.75, 3.05) is 13.1 Å². The third kappa shape index (κ3) is 5.37. The van der Waals surface area contributed by atoms with Gasteiger partial charge in [0.25, 0.3) is 0 Å². The normalized spacial score (nSPS) is 12.0. The van der Waals surface area contributed by atoms with Crippen LogP contribution in [0.15, 0.2) is 73.3 Å².